The number of para-hydroxylation sites is 1. The molecule has 1 aliphatic heterocycles. The summed E-state index contributed by atoms with van der Waals surface area (Å²) in [5, 5.41) is 12.8. The fourth-order valence-corrected chi connectivity index (χ4v) is 2.13. The SMILES string of the molecule is Oc1c(F)cccc1CC1CCCNC1. The van der Waals surface area contributed by atoms with Crippen molar-refractivity contribution in [2.45, 2.75) is 19.3 Å². The van der Waals surface area contributed by atoms with E-state index in [1.165, 1.54) is 12.5 Å². The van der Waals surface area contributed by atoms with E-state index in [9.17, 15) is 9.50 Å². The molecule has 1 aromatic carbocycles. The molecule has 1 aliphatic rings. The monoisotopic (exact) mass is 209 g/mol. The summed E-state index contributed by atoms with van der Waals surface area (Å²) in [6.07, 6.45) is 3.08. The van der Waals surface area contributed by atoms with E-state index in [1.807, 2.05) is 0 Å². The van der Waals surface area contributed by atoms with Gasteiger partial charge in [-0.1, -0.05) is 12.1 Å². The first-order chi connectivity index (χ1) is 7.27. The lowest BCUT2D eigenvalue weighted by molar-refractivity contribution is 0.365. The van der Waals surface area contributed by atoms with Gasteiger partial charge in [0.05, 0.1) is 0 Å². The molecule has 2 N–H and O–H groups in total. The summed E-state index contributed by atoms with van der Waals surface area (Å²) in [5.41, 5.74) is 0.726. The lowest BCUT2D eigenvalue weighted by Gasteiger charge is -2.22. The molecule has 15 heavy (non-hydrogen) atoms. The molecule has 0 aliphatic carbocycles. The zero-order valence-electron chi connectivity index (χ0n) is 8.67. The number of rotatable bonds is 2. The van der Waals surface area contributed by atoms with Crippen molar-refractivity contribution < 1.29 is 9.50 Å². The van der Waals surface area contributed by atoms with Crippen molar-refractivity contribution in [1.29, 1.82) is 0 Å². The molecule has 2 rings (SSSR count). The summed E-state index contributed by atoms with van der Waals surface area (Å²) in [5.74, 6) is -0.175. The summed E-state index contributed by atoms with van der Waals surface area (Å²) >= 11 is 0. The first kappa shape index (κ1) is 10.4. The number of phenolic OH excluding ortho intramolecular Hbond substituents is 1. The molecule has 0 aromatic heterocycles. The van der Waals surface area contributed by atoms with E-state index < -0.39 is 5.82 Å². The Balaban J connectivity index is 2.06. The van der Waals surface area contributed by atoms with Gasteiger partial charge in [-0.2, -0.15) is 0 Å². The standard InChI is InChI=1S/C12H16FNO/c13-11-5-1-4-10(12(11)15)7-9-3-2-6-14-8-9/h1,4-5,9,14-15H,2-3,6-8H2. The first-order valence-electron chi connectivity index (χ1n) is 5.44. The van der Waals surface area contributed by atoms with Crippen LogP contribution in [0.1, 0.15) is 18.4 Å². The Morgan fingerprint density at radius 2 is 2.33 bits per heavy atom. The Morgan fingerprint density at radius 1 is 1.47 bits per heavy atom. The van der Waals surface area contributed by atoms with Gasteiger partial charge in [0, 0.05) is 0 Å². The summed E-state index contributed by atoms with van der Waals surface area (Å²) in [6.45, 7) is 2.04. The molecule has 1 saturated heterocycles. The Kier molecular flexibility index (Phi) is 3.21. The van der Waals surface area contributed by atoms with Gasteiger partial charge >= 0.3 is 0 Å². The van der Waals surface area contributed by atoms with Gasteiger partial charge in [-0.3, -0.25) is 0 Å². The number of phenols is 1. The van der Waals surface area contributed by atoms with Crippen LogP contribution in [-0.2, 0) is 6.42 Å². The molecule has 0 radical (unpaired) electrons. The number of hydrogen-bond acceptors (Lipinski definition) is 2. The van der Waals surface area contributed by atoms with Gasteiger partial charge in [0.15, 0.2) is 11.6 Å². The molecule has 1 unspecified atom stereocenters. The number of benzene rings is 1. The molecule has 1 aromatic rings. The van der Waals surface area contributed by atoms with E-state index in [1.54, 1.807) is 12.1 Å². The zero-order chi connectivity index (χ0) is 10.7. The third-order valence-corrected chi connectivity index (χ3v) is 2.98. The van der Waals surface area contributed by atoms with Crippen LogP contribution in [0.3, 0.4) is 0 Å². The smallest absolute Gasteiger partial charge is 0.165 e. The molecule has 82 valence electrons. The normalized spacial score (nSPS) is 21.5. The van der Waals surface area contributed by atoms with Gasteiger partial charge in [0.25, 0.3) is 0 Å². The molecule has 3 heteroatoms. The Morgan fingerprint density at radius 3 is 3.07 bits per heavy atom. The topological polar surface area (TPSA) is 32.3 Å². The largest absolute Gasteiger partial charge is 0.505 e. The quantitative estimate of drug-likeness (QED) is 0.781. The number of nitrogens with one attached hydrogen (secondary N) is 1. The molecule has 1 atom stereocenters. The van der Waals surface area contributed by atoms with Crippen molar-refractivity contribution in [3.8, 4) is 5.75 Å². The highest BCUT2D eigenvalue weighted by Crippen LogP contribution is 2.25. The van der Waals surface area contributed by atoms with Crippen LogP contribution in [0.5, 0.6) is 5.75 Å². The highest BCUT2D eigenvalue weighted by Gasteiger charge is 2.16. The molecular weight excluding hydrogens is 193 g/mol. The Labute approximate surface area is 89.1 Å². The average molecular weight is 209 g/mol. The van der Waals surface area contributed by atoms with E-state index in [-0.39, 0.29) is 5.75 Å². The van der Waals surface area contributed by atoms with Crippen LogP contribution in [0.25, 0.3) is 0 Å². The molecule has 1 fully saturated rings. The zero-order valence-corrected chi connectivity index (χ0v) is 8.67. The van der Waals surface area contributed by atoms with Crippen molar-refractivity contribution in [2.75, 3.05) is 13.1 Å². The lowest BCUT2D eigenvalue weighted by Crippen LogP contribution is -2.30. The van der Waals surface area contributed by atoms with E-state index >= 15 is 0 Å². The lowest BCUT2D eigenvalue weighted by atomic mass is 9.92. The molecule has 0 saturated carbocycles. The molecule has 0 spiro atoms. The Bertz CT molecular complexity index is 334. The second kappa shape index (κ2) is 4.62. The first-order valence-corrected chi connectivity index (χ1v) is 5.44. The number of aromatic hydroxyl groups is 1. The second-order valence-corrected chi connectivity index (χ2v) is 4.16. The summed E-state index contributed by atoms with van der Waals surface area (Å²) in [7, 11) is 0. The van der Waals surface area contributed by atoms with Crippen molar-refractivity contribution in [1.82, 2.24) is 5.32 Å². The second-order valence-electron chi connectivity index (χ2n) is 4.16. The number of hydrogen-bond donors (Lipinski definition) is 2. The van der Waals surface area contributed by atoms with Gasteiger partial charge in [-0.25, -0.2) is 4.39 Å². The van der Waals surface area contributed by atoms with E-state index in [4.69, 9.17) is 0 Å². The van der Waals surface area contributed by atoms with Crippen molar-refractivity contribution in [3.05, 3.63) is 29.6 Å². The fraction of sp³-hybridized carbons (Fsp3) is 0.500. The van der Waals surface area contributed by atoms with Gasteiger partial charge < -0.3 is 10.4 Å². The van der Waals surface area contributed by atoms with Crippen LogP contribution in [0.4, 0.5) is 4.39 Å². The molecule has 0 amide bonds. The maximum Gasteiger partial charge on any atom is 0.165 e. The van der Waals surface area contributed by atoms with Gasteiger partial charge in [-0.05, 0) is 49.9 Å². The third kappa shape index (κ3) is 2.48. The predicted molar refractivity (Wildman–Crippen MR) is 57.4 cm³/mol. The maximum atomic E-state index is 13.1. The summed E-state index contributed by atoms with van der Waals surface area (Å²) in [4.78, 5) is 0. The minimum absolute atomic E-state index is 0.178. The third-order valence-electron chi connectivity index (χ3n) is 2.98. The van der Waals surface area contributed by atoms with E-state index in [0.717, 1.165) is 31.5 Å². The number of piperidine rings is 1. The van der Waals surface area contributed by atoms with Crippen LogP contribution in [0, 0.1) is 11.7 Å². The van der Waals surface area contributed by atoms with Gasteiger partial charge in [0.1, 0.15) is 0 Å². The molecular formula is C12H16FNO. The predicted octanol–water partition coefficient (Wildman–Crippen LogP) is 2.07. The van der Waals surface area contributed by atoms with Crippen LogP contribution in [0.15, 0.2) is 18.2 Å². The van der Waals surface area contributed by atoms with Gasteiger partial charge in [0.2, 0.25) is 0 Å². The van der Waals surface area contributed by atoms with Crippen molar-refractivity contribution >= 4 is 0 Å². The van der Waals surface area contributed by atoms with Crippen LogP contribution >= 0.6 is 0 Å². The van der Waals surface area contributed by atoms with Crippen LogP contribution < -0.4 is 5.32 Å². The summed E-state index contributed by atoms with van der Waals surface area (Å²) < 4.78 is 13.1. The van der Waals surface area contributed by atoms with E-state index in [0.29, 0.717) is 5.92 Å². The maximum absolute atomic E-state index is 13.1. The van der Waals surface area contributed by atoms with Crippen molar-refractivity contribution in [2.24, 2.45) is 5.92 Å². The Hall–Kier alpha value is -1.09. The van der Waals surface area contributed by atoms with Crippen LogP contribution in [0.2, 0.25) is 0 Å². The van der Waals surface area contributed by atoms with Gasteiger partial charge in [-0.15, -0.1) is 0 Å². The highest BCUT2D eigenvalue weighted by atomic mass is 19.1. The minimum atomic E-state index is -0.517. The van der Waals surface area contributed by atoms with E-state index in [2.05, 4.69) is 5.32 Å². The summed E-state index contributed by atoms with van der Waals surface area (Å²) in [6, 6.07) is 4.74. The highest BCUT2D eigenvalue weighted by molar-refractivity contribution is 5.33. The molecule has 2 nitrogen and oxygen atoms in total. The minimum Gasteiger partial charge on any atom is -0.505 e. The van der Waals surface area contributed by atoms with Crippen LogP contribution in [-0.4, -0.2) is 18.2 Å². The fourth-order valence-electron chi connectivity index (χ4n) is 2.13. The average Bonchev–Trinajstić information content (AvgIpc) is 2.26. The molecule has 0 bridgehead atoms. The van der Waals surface area contributed by atoms with Crippen molar-refractivity contribution in [3.63, 3.8) is 0 Å². The number of halogens is 1. The molecule has 1 heterocycles.